The molecule has 7 nitrogen and oxygen atoms in total. The van der Waals surface area contributed by atoms with Crippen molar-refractivity contribution in [2.24, 2.45) is 5.92 Å². The summed E-state index contributed by atoms with van der Waals surface area (Å²) in [6.45, 7) is 7.65. The number of ether oxygens (including phenoxy) is 1. The third-order valence-electron chi connectivity index (χ3n) is 6.39. The maximum absolute atomic E-state index is 12.4. The number of hydrogen-bond donors (Lipinski definition) is 1. The van der Waals surface area contributed by atoms with E-state index in [4.69, 9.17) is 19.1 Å². The number of carboxylic acids is 1. The summed E-state index contributed by atoms with van der Waals surface area (Å²) >= 11 is 0. The first-order valence-corrected chi connectivity index (χ1v) is 11.1. The molecule has 4 heterocycles. The fourth-order valence-corrected chi connectivity index (χ4v) is 4.67. The number of piperidine rings is 1. The highest BCUT2D eigenvalue weighted by molar-refractivity contribution is 5.76. The van der Waals surface area contributed by atoms with Crippen LogP contribution in [0.5, 0.6) is 0 Å². The van der Waals surface area contributed by atoms with Gasteiger partial charge in [-0.15, -0.1) is 0 Å². The molecule has 3 aliphatic rings. The van der Waals surface area contributed by atoms with Crippen molar-refractivity contribution in [1.82, 2.24) is 9.80 Å². The topological polar surface area (TPSA) is 83.2 Å². The number of hydrogen-bond acceptors (Lipinski definition) is 5. The summed E-state index contributed by atoms with van der Waals surface area (Å²) in [5, 5.41) is 7.12. The molecule has 180 valence electrons. The van der Waals surface area contributed by atoms with Crippen LogP contribution in [0.3, 0.4) is 0 Å². The summed E-state index contributed by atoms with van der Waals surface area (Å²) in [4.78, 5) is 25.8. The van der Waals surface area contributed by atoms with E-state index in [0.717, 1.165) is 70.1 Å². The Kier molecular flexibility index (Phi) is 7.87. The van der Waals surface area contributed by atoms with Crippen molar-refractivity contribution in [3.8, 4) is 0 Å². The Hall–Kier alpha value is -2.07. The van der Waals surface area contributed by atoms with Crippen molar-refractivity contribution < 1.29 is 37.0 Å². The zero-order chi connectivity index (χ0) is 23.4. The van der Waals surface area contributed by atoms with Gasteiger partial charge in [0.1, 0.15) is 11.5 Å². The number of likely N-dealkylation sites (tertiary alicyclic amines) is 2. The van der Waals surface area contributed by atoms with Crippen LogP contribution in [-0.4, -0.2) is 71.3 Å². The van der Waals surface area contributed by atoms with Gasteiger partial charge in [-0.3, -0.25) is 9.69 Å². The first-order valence-electron chi connectivity index (χ1n) is 11.1. The van der Waals surface area contributed by atoms with Crippen LogP contribution in [0.4, 0.5) is 13.2 Å². The molecule has 3 saturated heterocycles. The van der Waals surface area contributed by atoms with E-state index in [1.54, 1.807) is 0 Å². The molecule has 1 unspecified atom stereocenters. The number of furan rings is 1. The summed E-state index contributed by atoms with van der Waals surface area (Å²) in [5.41, 5.74) is 0.0194. The molecular weight excluding hydrogens is 429 g/mol. The molecule has 4 rings (SSSR count). The molecule has 0 radical (unpaired) electrons. The second kappa shape index (κ2) is 10.2. The van der Waals surface area contributed by atoms with E-state index in [9.17, 15) is 18.0 Å². The SMILES string of the molecule is Cc1ccc(CN2CCC3(CC2)CC(CC(=O)N2CCCC2)CO3)o1.O=C(O)C(F)(F)F. The van der Waals surface area contributed by atoms with E-state index < -0.39 is 12.1 Å². The number of nitrogens with zero attached hydrogens (tertiary/aromatic N) is 2. The van der Waals surface area contributed by atoms with Gasteiger partial charge in [0.2, 0.25) is 5.91 Å². The van der Waals surface area contributed by atoms with Gasteiger partial charge in [0, 0.05) is 32.6 Å². The molecule has 0 bridgehead atoms. The minimum Gasteiger partial charge on any atom is -0.475 e. The number of aryl methyl sites for hydroxylation is 1. The van der Waals surface area contributed by atoms with Crippen LogP contribution in [0.15, 0.2) is 16.5 Å². The Bertz CT molecular complexity index is 781. The molecule has 1 aromatic rings. The van der Waals surface area contributed by atoms with Gasteiger partial charge in [0.15, 0.2) is 0 Å². The predicted molar refractivity (Wildman–Crippen MR) is 109 cm³/mol. The third-order valence-corrected chi connectivity index (χ3v) is 6.39. The highest BCUT2D eigenvalue weighted by Crippen LogP contribution is 2.40. The predicted octanol–water partition coefficient (Wildman–Crippen LogP) is 3.60. The normalized spacial score (nSPS) is 23.2. The molecule has 3 fully saturated rings. The number of carbonyl (C=O) groups is 2. The van der Waals surface area contributed by atoms with Crippen molar-refractivity contribution in [3.05, 3.63) is 23.7 Å². The number of carbonyl (C=O) groups excluding carboxylic acids is 1. The standard InChI is InChI=1S/C20H30N2O3.C2HF3O2/c1-16-4-5-18(25-16)14-21-10-6-20(7-11-21)13-17(15-24-20)12-19(23)22-8-2-3-9-22;3-2(4,5)1(6)7/h4-5,17H,2-3,6-15H2,1H3;(H,6,7). The second-order valence-electron chi connectivity index (χ2n) is 8.95. The number of alkyl halides is 3. The van der Waals surface area contributed by atoms with Crippen LogP contribution in [0.1, 0.15) is 50.0 Å². The summed E-state index contributed by atoms with van der Waals surface area (Å²) in [6.07, 6.45) is 1.13. The molecule has 32 heavy (non-hydrogen) atoms. The minimum atomic E-state index is -5.08. The summed E-state index contributed by atoms with van der Waals surface area (Å²) in [6, 6.07) is 4.11. The largest absolute Gasteiger partial charge is 0.490 e. The monoisotopic (exact) mass is 460 g/mol. The van der Waals surface area contributed by atoms with E-state index in [1.165, 1.54) is 12.8 Å². The van der Waals surface area contributed by atoms with Crippen LogP contribution in [0, 0.1) is 12.8 Å². The van der Waals surface area contributed by atoms with E-state index in [2.05, 4.69) is 11.0 Å². The molecule has 10 heteroatoms. The fourth-order valence-electron chi connectivity index (χ4n) is 4.67. The average molecular weight is 460 g/mol. The Morgan fingerprint density at radius 2 is 1.78 bits per heavy atom. The molecule has 0 aromatic carbocycles. The molecule has 0 saturated carbocycles. The van der Waals surface area contributed by atoms with Crippen LogP contribution in [0.2, 0.25) is 0 Å². The van der Waals surface area contributed by atoms with E-state index >= 15 is 0 Å². The molecule has 1 spiro atoms. The van der Waals surface area contributed by atoms with Gasteiger partial charge in [-0.05, 0) is 57.1 Å². The maximum Gasteiger partial charge on any atom is 0.490 e. The van der Waals surface area contributed by atoms with Gasteiger partial charge >= 0.3 is 12.1 Å². The smallest absolute Gasteiger partial charge is 0.475 e. The number of rotatable bonds is 4. The van der Waals surface area contributed by atoms with Gasteiger partial charge in [-0.1, -0.05) is 0 Å². The van der Waals surface area contributed by atoms with Crippen molar-refractivity contribution in [2.75, 3.05) is 32.8 Å². The lowest BCUT2D eigenvalue weighted by Gasteiger charge is -2.38. The van der Waals surface area contributed by atoms with Gasteiger partial charge < -0.3 is 19.2 Å². The summed E-state index contributed by atoms with van der Waals surface area (Å²) in [7, 11) is 0. The average Bonchev–Trinajstić information content (AvgIpc) is 3.46. The van der Waals surface area contributed by atoms with Crippen LogP contribution in [-0.2, 0) is 20.9 Å². The van der Waals surface area contributed by atoms with Crippen LogP contribution >= 0.6 is 0 Å². The van der Waals surface area contributed by atoms with E-state index in [-0.39, 0.29) is 5.60 Å². The molecule has 0 aliphatic carbocycles. The lowest BCUT2D eigenvalue weighted by atomic mass is 9.84. The van der Waals surface area contributed by atoms with E-state index in [0.29, 0.717) is 18.2 Å². The zero-order valence-electron chi connectivity index (χ0n) is 18.3. The Balaban J connectivity index is 0.000000360. The van der Waals surface area contributed by atoms with Gasteiger partial charge in [-0.25, -0.2) is 4.79 Å². The van der Waals surface area contributed by atoms with Crippen LogP contribution in [0.25, 0.3) is 0 Å². The number of aliphatic carboxylic acids is 1. The molecular formula is C22H31F3N2O5. The van der Waals surface area contributed by atoms with Crippen LogP contribution < -0.4 is 0 Å². The lowest BCUT2D eigenvalue weighted by molar-refractivity contribution is -0.192. The van der Waals surface area contributed by atoms with Gasteiger partial charge in [0.05, 0.1) is 18.8 Å². The highest BCUT2D eigenvalue weighted by Gasteiger charge is 2.43. The first kappa shape index (κ1) is 24.6. The van der Waals surface area contributed by atoms with E-state index in [1.807, 2.05) is 17.9 Å². The number of amides is 1. The number of halogens is 3. The molecule has 3 aliphatic heterocycles. The lowest BCUT2D eigenvalue weighted by Crippen LogP contribution is -2.43. The molecule has 1 N–H and O–H groups in total. The third kappa shape index (κ3) is 6.71. The second-order valence-corrected chi connectivity index (χ2v) is 8.95. The molecule has 1 amide bonds. The molecule has 1 aromatic heterocycles. The Morgan fingerprint density at radius 3 is 2.31 bits per heavy atom. The molecule has 1 atom stereocenters. The van der Waals surface area contributed by atoms with Crippen molar-refractivity contribution in [1.29, 1.82) is 0 Å². The number of carboxylic acid groups (broad SMARTS) is 1. The quantitative estimate of drug-likeness (QED) is 0.739. The van der Waals surface area contributed by atoms with Gasteiger partial charge in [0.25, 0.3) is 0 Å². The summed E-state index contributed by atoms with van der Waals surface area (Å²) < 4.78 is 43.7. The minimum absolute atomic E-state index is 0.0194. The maximum atomic E-state index is 12.4. The first-order chi connectivity index (χ1) is 15.1. The van der Waals surface area contributed by atoms with Crippen molar-refractivity contribution in [3.63, 3.8) is 0 Å². The summed E-state index contributed by atoms with van der Waals surface area (Å²) in [5.74, 6) is 0.0247. The van der Waals surface area contributed by atoms with Gasteiger partial charge in [-0.2, -0.15) is 13.2 Å². The Morgan fingerprint density at radius 1 is 1.16 bits per heavy atom. The van der Waals surface area contributed by atoms with Crippen molar-refractivity contribution in [2.45, 2.75) is 63.8 Å². The zero-order valence-corrected chi connectivity index (χ0v) is 18.3. The fraction of sp³-hybridized carbons (Fsp3) is 0.727. The highest BCUT2D eigenvalue weighted by atomic mass is 19.4. The van der Waals surface area contributed by atoms with Crippen molar-refractivity contribution >= 4 is 11.9 Å². The Labute approximate surface area is 185 Å².